The van der Waals surface area contributed by atoms with Crippen molar-refractivity contribution in [1.29, 1.82) is 5.26 Å². The van der Waals surface area contributed by atoms with Crippen molar-refractivity contribution in [2.75, 3.05) is 11.9 Å². The third-order valence-corrected chi connectivity index (χ3v) is 5.46. The van der Waals surface area contributed by atoms with Crippen molar-refractivity contribution < 1.29 is 9.53 Å². The van der Waals surface area contributed by atoms with Crippen LogP contribution in [-0.2, 0) is 11.2 Å². The number of benzene rings is 2. The Kier molecular flexibility index (Phi) is 7.85. The highest BCUT2D eigenvalue weighted by atomic mass is 35.5. The highest BCUT2D eigenvalue weighted by Gasteiger charge is 2.14. The molecule has 156 valence electrons. The lowest BCUT2D eigenvalue weighted by Crippen LogP contribution is -2.13. The van der Waals surface area contributed by atoms with E-state index in [0.717, 1.165) is 10.4 Å². The smallest absolute Gasteiger partial charge is 0.268 e. The summed E-state index contributed by atoms with van der Waals surface area (Å²) in [5.41, 5.74) is 1.50. The van der Waals surface area contributed by atoms with Gasteiger partial charge in [0.15, 0.2) is 5.13 Å². The van der Waals surface area contributed by atoms with Gasteiger partial charge in [-0.3, -0.25) is 10.1 Å². The van der Waals surface area contributed by atoms with Crippen LogP contribution in [-0.4, -0.2) is 17.5 Å². The van der Waals surface area contributed by atoms with E-state index in [2.05, 4.69) is 16.9 Å². The molecule has 0 spiro atoms. The first kappa shape index (κ1) is 22.6. The number of nitrogens with one attached hydrogen (secondary N) is 1. The molecule has 0 radical (unpaired) electrons. The summed E-state index contributed by atoms with van der Waals surface area (Å²) in [5, 5.41) is 13.7. The number of aromatic nitrogens is 1. The van der Waals surface area contributed by atoms with Crippen molar-refractivity contribution >= 4 is 51.7 Å². The van der Waals surface area contributed by atoms with Gasteiger partial charge in [-0.15, -0.1) is 11.3 Å². The Morgan fingerprint density at radius 1 is 1.23 bits per heavy atom. The average molecular weight is 470 g/mol. The molecule has 8 heteroatoms. The SMILES string of the molecule is C=CCOc1ccc(Cl)cc1C=C(C#N)C(=O)Nc1ncc(Cc2ccc(Cl)cc2)s1. The molecule has 0 saturated carbocycles. The highest BCUT2D eigenvalue weighted by Crippen LogP contribution is 2.26. The van der Waals surface area contributed by atoms with E-state index < -0.39 is 5.91 Å². The maximum Gasteiger partial charge on any atom is 0.268 e. The Morgan fingerprint density at radius 2 is 1.97 bits per heavy atom. The van der Waals surface area contributed by atoms with Gasteiger partial charge in [0.1, 0.15) is 24.0 Å². The van der Waals surface area contributed by atoms with Gasteiger partial charge < -0.3 is 4.74 Å². The number of carbonyl (C=O) groups excluding carboxylic acids is 1. The van der Waals surface area contributed by atoms with Gasteiger partial charge in [-0.1, -0.05) is 48.0 Å². The molecule has 5 nitrogen and oxygen atoms in total. The van der Waals surface area contributed by atoms with E-state index in [1.807, 2.05) is 30.3 Å². The molecule has 0 unspecified atom stereocenters. The molecule has 1 aromatic heterocycles. The molecule has 0 aliphatic heterocycles. The Morgan fingerprint density at radius 3 is 2.68 bits per heavy atom. The fraction of sp³-hybridized carbons (Fsp3) is 0.0870. The summed E-state index contributed by atoms with van der Waals surface area (Å²) in [7, 11) is 0. The Bertz CT molecular complexity index is 1160. The third kappa shape index (κ3) is 6.43. The van der Waals surface area contributed by atoms with Gasteiger partial charge in [0.05, 0.1) is 0 Å². The number of hydrogen-bond acceptors (Lipinski definition) is 5. The van der Waals surface area contributed by atoms with Gasteiger partial charge in [-0.25, -0.2) is 4.98 Å². The van der Waals surface area contributed by atoms with Crippen LogP contribution >= 0.6 is 34.5 Å². The summed E-state index contributed by atoms with van der Waals surface area (Å²) in [6, 6.07) is 14.4. The van der Waals surface area contributed by atoms with Gasteiger partial charge in [0.2, 0.25) is 0 Å². The molecule has 1 heterocycles. The topological polar surface area (TPSA) is 75.0 Å². The molecule has 3 rings (SSSR count). The molecule has 31 heavy (non-hydrogen) atoms. The van der Waals surface area contributed by atoms with E-state index in [4.69, 9.17) is 27.9 Å². The zero-order valence-electron chi connectivity index (χ0n) is 16.3. The molecule has 0 aliphatic rings. The number of anilines is 1. The lowest BCUT2D eigenvalue weighted by atomic mass is 10.1. The second kappa shape index (κ2) is 10.8. The largest absolute Gasteiger partial charge is 0.489 e. The third-order valence-electron chi connectivity index (χ3n) is 4.06. The first-order chi connectivity index (χ1) is 15.0. The van der Waals surface area contributed by atoms with Crippen molar-refractivity contribution in [2.45, 2.75) is 6.42 Å². The van der Waals surface area contributed by atoms with E-state index in [1.165, 1.54) is 17.4 Å². The van der Waals surface area contributed by atoms with Crippen LogP contribution in [0.5, 0.6) is 5.75 Å². The fourth-order valence-corrected chi connectivity index (χ4v) is 3.78. The van der Waals surface area contributed by atoms with Gasteiger partial charge in [0, 0.05) is 33.1 Å². The minimum Gasteiger partial charge on any atom is -0.489 e. The second-order valence-electron chi connectivity index (χ2n) is 6.34. The average Bonchev–Trinajstić information content (AvgIpc) is 3.19. The molecule has 0 fully saturated rings. The van der Waals surface area contributed by atoms with Crippen LogP contribution in [0.2, 0.25) is 10.0 Å². The molecule has 0 atom stereocenters. The van der Waals surface area contributed by atoms with Crippen LogP contribution in [0.4, 0.5) is 5.13 Å². The van der Waals surface area contributed by atoms with Crippen molar-refractivity contribution in [1.82, 2.24) is 4.98 Å². The normalized spacial score (nSPS) is 10.9. The summed E-state index contributed by atoms with van der Waals surface area (Å²) in [6.45, 7) is 3.90. The Hall–Kier alpha value is -3.11. The van der Waals surface area contributed by atoms with Crippen molar-refractivity contribution in [3.63, 3.8) is 0 Å². The van der Waals surface area contributed by atoms with Crippen LogP contribution in [0.1, 0.15) is 16.0 Å². The molecule has 3 aromatic rings. The van der Waals surface area contributed by atoms with E-state index >= 15 is 0 Å². The zero-order valence-corrected chi connectivity index (χ0v) is 18.6. The number of carbonyl (C=O) groups is 1. The second-order valence-corrected chi connectivity index (χ2v) is 8.33. The number of nitrogens with zero attached hydrogens (tertiary/aromatic N) is 2. The molecule has 1 N–H and O–H groups in total. The standard InChI is InChI=1S/C23H17Cl2N3O2S/c1-2-9-30-21-8-7-19(25)12-16(21)11-17(13-26)22(29)28-23-27-14-20(31-23)10-15-3-5-18(24)6-4-15/h2-8,11-12,14H,1,9-10H2,(H,27,28,29). The number of thiazole rings is 1. The predicted molar refractivity (Wildman–Crippen MR) is 126 cm³/mol. The lowest BCUT2D eigenvalue weighted by molar-refractivity contribution is -0.112. The number of ether oxygens (including phenoxy) is 1. The highest BCUT2D eigenvalue weighted by molar-refractivity contribution is 7.15. The summed E-state index contributed by atoms with van der Waals surface area (Å²) in [5.74, 6) is -0.0751. The molecular formula is C23H17Cl2N3O2S. The van der Waals surface area contributed by atoms with E-state index in [1.54, 1.807) is 30.5 Å². The van der Waals surface area contributed by atoms with E-state index in [9.17, 15) is 10.1 Å². The number of amides is 1. The number of halogens is 2. The summed E-state index contributed by atoms with van der Waals surface area (Å²) in [6.07, 6.45) is 5.40. The minimum atomic E-state index is -0.565. The number of hydrogen-bond donors (Lipinski definition) is 1. The fourth-order valence-electron chi connectivity index (χ4n) is 2.63. The van der Waals surface area contributed by atoms with Gasteiger partial charge in [0.25, 0.3) is 5.91 Å². The predicted octanol–water partition coefficient (Wildman–Crippen LogP) is 6.15. The molecule has 0 saturated heterocycles. The Balaban J connectivity index is 1.74. The molecule has 0 aliphatic carbocycles. The number of rotatable bonds is 8. The van der Waals surface area contributed by atoms with Crippen LogP contribution in [0, 0.1) is 11.3 Å². The summed E-state index contributed by atoms with van der Waals surface area (Å²) in [4.78, 5) is 17.8. The maximum absolute atomic E-state index is 12.6. The van der Waals surface area contributed by atoms with Crippen LogP contribution in [0.25, 0.3) is 6.08 Å². The quantitative estimate of drug-likeness (QED) is 0.243. The summed E-state index contributed by atoms with van der Waals surface area (Å²) >= 11 is 13.3. The molecule has 1 amide bonds. The first-order valence-corrected chi connectivity index (χ1v) is 10.7. The monoisotopic (exact) mass is 469 g/mol. The van der Waals surface area contributed by atoms with Crippen LogP contribution in [0.15, 0.2) is 66.9 Å². The van der Waals surface area contributed by atoms with Crippen molar-refractivity contribution in [3.8, 4) is 11.8 Å². The summed E-state index contributed by atoms with van der Waals surface area (Å²) < 4.78 is 5.57. The van der Waals surface area contributed by atoms with Crippen molar-refractivity contribution in [2.24, 2.45) is 0 Å². The van der Waals surface area contributed by atoms with Crippen LogP contribution < -0.4 is 10.1 Å². The van der Waals surface area contributed by atoms with Gasteiger partial charge in [-0.05, 0) is 42.0 Å². The minimum absolute atomic E-state index is 0.0971. The number of nitriles is 1. The molecular weight excluding hydrogens is 453 g/mol. The van der Waals surface area contributed by atoms with Gasteiger partial charge >= 0.3 is 0 Å². The van der Waals surface area contributed by atoms with Crippen LogP contribution in [0.3, 0.4) is 0 Å². The Labute approximate surface area is 194 Å². The molecule has 0 bridgehead atoms. The molecule has 2 aromatic carbocycles. The van der Waals surface area contributed by atoms with E-state index in [0.29, 0.717) is 32.9 Å². The van der Waals surface area contributed by atoms with E-state index in [-0.39, 0.29) is 12.2 Å². The van der Waals surface area contributed by atoms with Gasteiger partial charge in [-0.2, -0.15) is 5.26 Å². The lowest BCUT2D eigenvalue weighted by Gasteiger charge is -2.08. The zero-order chi connectivity index (χ0) is 22.2. The maximum atomic E-state index is 12.6. The first-order valence-electron chi connectivity index (χ1n) is 9.14. The van der Waals surface area contributed by atoms with Crippen molar-refractivity contribution in [3.05, 3.63) is 92.9 Å².